The summed E-state index contributed by atoms with van der Waals surface area (Å²) in [5.41, 5.74) is 1.86. The number of aliphatic hydroxyl groups is 2. The van der Waals surface area contributed by atoms with Crippen LogP contribution in [-0.2, 0) is 11.3 Å². The molecule has 11 nitrogen and oxygen atoms in total. The molecule has 5 heterocycles. The average molecular weight is 497 g/mol. The summed E-state index contributed by atoms with van der Waals surface area (Å²) in [6.45, 7) is 0.346. The van der Waals surface area contributed by atoms with Crippen LogP contribution in [0, 0.1) is 5.82 Å². The van der Waals surface area contributed by atoms with Gasteiger partial charge in [-0.3, -0.25) is 19.3 Å². The Morgan fingerprint density at radius 3 is 2.80 bits per heavy atom. The molecule has 0 spiro atoms. The third-order valence-electron chi connectivity index (χ3n) is 5.56. The number of fused-ring (bicyclic) bond motifs is 1. The molecule has 0 saturated carbocycles. The van der Waals surface area contributed by atoms with E-state index in [1.165, 1.54) is 25.6 Å². The normalized spacial score (nSPS) is 21.8. The fourth-order valence-corrected chi connectivity index (χ4v) is 5.29. The molecule has 1 aliphatic rings. The second-order valence-electron chi connectivity index (χ2n) is 7.83. The number of aliphatic hydroxyl groups excluding tert-OH is 2. The van der Waals surface area contributed by atoms with E-state index in [1.54, 1.807) is 10.8 Å². The summed E-state index contributed by atoms with van der Waals surface area (Å²) in [6.07, 6.45) is 3.14. The lowest BCUT2D eigenvalue weighted by atomic mass is 10.1. The van der Waals surface area contributed by atoms with Crippen LogP contribution in [0.3, 0.4) is 0 Å². The maximum absolute atomic E-state index is 13.9. The summed E-state index contributed by atoms with van der Waals surface area (Å²) < 4.78 is 15.5. The molecule has 4 atom stereocenters. The van der Waals surface area contributed by atoms with Gasteiger partial charge in [-0.1, -0.05) is 6.07 Å². The van der Waals surface area contributed by atoms with E-state index in [-0.39, 0.29) is 5.82 Å². The molecule has 0 bridgehead atoms. The van der Waals surface area contributed by atoms with Crippen LogP contribution in [0.4, 0.5) is 10.2 Å². The van der Waals surface area contributed by atoms with Gasteiger partial charge in [-0.2, -0.15) is 0 Å². The highest BCUT2D eigenvalue weighted by atomic mass is 32.2. The van der Waals surface area contributed by atoms with Crippen molar-refractivity contribution < 1.29 is 19.4 Å². The number of imidazole rings is 1. The number of thioether (sulfide) groups is 1. The van der Waals surface area contributed by atoms with Gasteiger partial charge >= 0.3 is 0 Å². The van der Waals surface area contributed by atoms with Gasteiger partial charge in [-0.05, 0) is 18.2 Å². The first kappa shape index (κ1) is 23.1. The highest BCUT2D eigenvalue weighted by molar-refractivity contribution is 8.01. The van der Waals surface area contributed by atoms with Crippen LogP contribution in [0.2, 0.25) is 0 Å². The zero-order valence-electron chi connectivity index (χ0n) is 18.4. The molecule has 1 aliphatic heterocycles. The minimum Gasteiger partial charge on any atom is -0.389 e. The van der Waals surface area contributed by atoms with E-state index in [9.17, 15) is 19.4 Å². The van der Waals surface area contributed by atoms with Crippen LogP contribution in [-0.4, -0.2) is 70.1 Å². The van der Waals surface area contributed by atoms with E-state index in [4.69, 9.17) is 0 Å². The maximum atomic E-state index is 13.9. The third-order valence-corrected chi connectivity index (χ3v) is 7.14. The maximum Gasteiger partial charge on any atom is 0.235 e. The van der Waals surface area contributed by atoms with E-state index < -0.39 is 34.6 Å². The number of nitrogens with zero attached hydrogens (tertiary/aromatic N) is 6. The van der Waals surface area contributed by atoms with Gasteiger partial charge in [-0.15, -0.1) is 11.8 Å². The lowest BCUT2D eigenvalue weighted by Gasteiger charge is -2.17. The number of halogens is 1. The molecule has 13 heteroatoms. The van der Waals surface area contributed by atoms with Crippen LogP contribution in [0.5, 0.6) is 0 Å². The molecule has 0 aliphatic carbocycles. The fourth-order valence-electron chi connectivity index (χ4n) is 3.81. The average Bonchev–Trinajstić information content (AvgIpc) is 3.43. The number of amides is 1. The highest BCUT2D eigenvalue weighted by Crippen LogP contribution is 2.43. The summed E-state index contributed by atoms with van der Waals surface area (Å²) >= 11 is 1.10. The second-order valence-corrected chi connectivity index (χ2v) is 9.09. The van der Waals surface area contributed by atoms with Gasteiger partial charge in [0.1, 0.15) is 28.6 Å². The first-order valence-electron chi connectivity index (χ1n) is 10.7. The highest BCUT2D eigenvalue weighted by Gasteiger charge is 2.47. The van der Waals surface area contributed by atoms with Gasteiger partial charge in [0.15, 0.2) is 22.8 Å². The van der Waals surface area contributed by atoms with Gasteiger partial charge in [0.2, 0.25) is 5.91 Å². The molecular weight excluding hydrogens is 475 g/mol. The van der Waals surface area contributed by atoms with Crippen molar-refractivity contribution in [2.75, 3.05) is 12.4 Å². The Labute approximate surface area is 202 Å². The van der Waals surface area contributed by atoms with Crippen molar-refractivity contribution in [2.45, 2.75) is 29.4 Å². The molecule has 4 aromatic heterocycles. The van der Waals surface area contributed by atoms with Crippen molar-refractivity contribution in [3.05, 3.63) is 60.7 Å². The zero-order valence-corrected chi connectivity index (χ0v) is 19.2. The van der Waals surface area contributed by atoms with Gasteiger partial charge < -0.3 is 20.8 Å². The number of anilines is 1. The van der Waals surface area contributed by atoms with Crippen LogP contribution in [0.25, 0.3) is 22.6 Å². The Bertz CT molecular complexity index is 1370. The van der Waals surface area contributed by atoms with Crippen molar-refractivity contribution in [2.24, 2.45) is 0 Å². The molecule has 5 rings (SSSR count). The van der Waals surface area contributed by atoms with E-state index in [0.717, 1.165) is 23.7 Å². The predicted octanol–water partition coefficient (Wildman–Crippen LogP) is 1.12. The van der Waals surface area contributed by atoms with Crippen LogP contribution in [0.15, 0.2) is 49.2 Å². The standard InChI is InChI=1S/C22H21FN8O3S/c1-24-21(34)17-15(32)16(33)22(35-17)31-10-28-14-19(27-9-13-4-2-3-5-26-13)29-18(30-20(14)31)11-6-12(23)8-25-7-11/h2-8,10,15-17,22,32-33H,9H2,1H3,(H,24,34)(H,27,29,30)/t15-,16+,17-,22+/m0/s1. The smallest absolute Gasteiger partial charge is 0.235 e. The van der Waals surface area contributed by atoms with Crippen molar-refractivity contribution in [3.8, 4) is 11.4 Å². The number of carbonyl (C=O) groups excluding carboxylic acids is 1. The van der Waals surface area contributed by atoms with E-state index >= 15 is 0 Å². The van der Waals surface area contributed by atoms with Crippen LogP contribution < -0.4 is 10.6 Å². The summed E-state index contributed by atoms with van der Waals surface area (Å²) in [5, 5.41) is 25.3. The number of carbonyl (C=O) groups is 1. The van der Waals surface area contributed by atoms with Gasteiger partial charge in [0.25, 0.3) is 0 Å². The molecule has 0 radical (unpaired) electrons. The number of pyridine rings is 2. The minimum atomic E-state index is -1.28. The summed E-state index contributed by atoms with van der Waals surface area (Å²) in [6, 6.07) is 6.80. The SMILES string of the molecule is CNC(=O)[C@H]1S[C@@H](n2cnc3c(NCc4ccccn4)nc(-c4cncc(F)c4)nc32)[C@H](O)[C@@H]1O. The minimum absolute atomic E-state index is 0.190. The summed E-state index contributed by atoms with van der Waals surface area (Å²) in [7, 11) is 1.47. The quantitative estimate of drug-likeness (QED) is 0.306. The Morgan fingerprint density at radius 1 is 1.20 bits per heavy atom. The number of rotatable bonds is 6. The molecule has 1 saturated heterocycles. The lowest BCUT2D eigenvalue weighted by Crippen LogP contribution is -2.39. The number of hydrogen-bond donors (Lipinski definition) is 4. The summed E-state index contributed by atoms with van der Waals surface area (Å²) in [5.74, 6) is -0.372. The second kappa shape index (κ2) is 9.52. The molecule has 1 amide bonds. The van der Waals surface area contributed by atoms with Gasteiger partial charge in [-0.25, -0.2) is 19.3 Å². The van der Waals surface area contributed by atoms with Crippen LogP contribution >= 0.6 is 11.8 Å². The number of nitrogens with one attached hydrogen (secondary N) is 2. The molecule has 4 aromatic rings. The van der Waals surface area contributed by atoms with Gasteiger partial charge in [0, 0.05) is 25.0 Å². The third kappa shape index (κ3) is 4.40. The molecule has 35 heavy (non-hydrogen) atoms. The fraction of sp³-hybridized carbons (Fsp3) is 0.273. The van der Waals surface area contributed by atoms with E-state index in [1.807, 2.05) is 18.2 Å². The number of hydrogen-bond acceptors (Lipinski definition) is 10. The predicted molar refractivity (Wildman–Crippen MR) is 127 cm³/mol. The van der Waals surface area contributed by atoms with Gasteiger partial charge in [0.05, 0.1) is 24.8 Å². The van der Waals surface area contributed by atoms with Crippen molar-refractivity contribution in [1.29, 1.82) is 0 Å². The van der Waals surface area contributed by atoms with E-state index in [2.05, 4.69) is 35.6 Å². The Kier molecular flexibility index (Phi) is 6.28. The Hall–Kier alpha value is -3.68. The molecule has 1 fully saturated rings. The van der Waals surface area contributed by atoms with Crippen molar-refractivity contribution in [3.63, 3.8) is 0 Å². The topological polar surface area (TPSA) is 151 Å². The first-order chi connectivity index (χ1) is 17.0. The van der Waals surface area contributed by atoms with Crippen molar-refractivity contribution in [1.82, 2.24) is 34.8 Å². The van der Waals surface area contributed by atoms with Crippen molar-refractivity contribution >= 4 is 34.7 Å². The monoisotopic (exact) mass is 496 g/mol. The first-order valence-corrected chi connectivity index (χ1v) is 11.6. The van der Waals surface area contributed by atoms with Crippen LogP contribution in [0.1, 0.15) is 11.1 Å². The zero-order chi connectivity index (χ0) is 24.5. The molecule has 180 valence electrons. The Balaban J connectivity index is 1.58. The molecular formula is C22H21FN8O3S. The molecule has 4 N–H and O–H groups in total. The lowest BCUT2D eigenvalue weighted by molar-refractivity contribution is -0.122. The molecule has 0 unspecified atom stereocenters. The Morgan fingerprint density at radius 2 is 2.06 bits per heavy atom. The largest absolute Gasteiger partial charge is 0.389 e. The van der Waals surface area contributed by atoms with E-state index in [0.29, 0.717) is 29.1 Å². The number of aromatic nitrogens is 6. The summed E-state index contributed by atoms with van der Waals surface area (Å²) in [4.78, 5) is 33.9. The molecule has 0 aromatic carbocycles.